The van der Waals surface area contributed by atoms with Crippen LogP contribution in [0.1, 0.15) is 38.2 Å². The fourth-order valence-corrected chi connectivity index (χ4v) is 3.31. The van der Waals surface area contributed by atoms with Crippen LogP contribution in [0.3, 0.4) is 0 Å². The van der Waals surface area contributed by atoms with E-state index in [0.717, 1.165) is 24.6 Å². The van der Waals surface area contributed by atoms with Gasteiger partial charge in [-0.1, -0.05) is 37.6 Å². The van der Waals surface area contributed by atoms with Crippen LogP contribution in [0.25, 0.3) is 10.9 Å². The topological polar surface area (TPSA) is 49.3 Å². The fraction of sp³-hybridized carbons (Fsp3) is 0.474. The Balaban J connectivity index is 0.00000208. The van der Waals surface area contributed by atoms with Crippen molar-refractivity contribution in [2.75, 3.05) is 13.6 Å². The number of fused-ring (bicyclic) bond motifs is 1. The minimum atomic E-state index is 0. The van der Waals surface area contributed by atoms with Crippen LogP contribution in [0.4, 0.5) is 0 Å². The molecule has 0 saturated heterocycles. The van der Waals surface area contributed by atoms with Gasteiger partial charge in [0.25, 0.3) is 0 Å². The second-order valence-corrected chi connectivity index (χ2v) is 6.48. The number of aromatic nitrogens is 1. The summed E-state index contributed by atoms with van der Waals surface area (Å²) in [6.45, 7) is 4.03. The highest BCUT2D eigenvalue weighted by molar-refractivity contribution is 14.0. The third kappa shape index (κ3) is 4.18. The smallest absolute Gasteiger partial charge is 0.191 e. The van der Waals surface area contributed by atoms with Gasteiger partial charge in [0.15, 0.2) is 5.96 Å². The highest BCUT2D eigenvalue weighted by Crippen LogP contribution is 2.42. The van der Waals surface area contributed by atoms with Gasteiger partial charge in [-0.15, -0.1) is 24.0 Å². The molecule has 130 valence electrons. The van der Waals surface area contributed by atoms with Gasteiger partial charge in [-0.05, 0) is 36.3 Å². The lowest BCUT2D eigenvalue weighted by atomic mass is 9.67. The van der Waals surface area contributed by atoms with Crippen LogP contribution in [0.5, 0.6) is 0 Å². The molecule has 0 aliphatic heterocycles. The molecule has 1 aliphatic rings. The number of benzene rings is 1. The highest BCUT2D eigenvalue weighted by atomic mass is 127. The number of aliphatic imine (C=N–C) groups is 1. The minimum absolute atomic E-state index is 0. The van der Waals surface area contributed by atoms with Crippen LogP contribution in [0.15, 0.2) is 41.5 Å². The van der Waals surface area contributed by atoms with Crippen molar-refractivity contribution >= 4 is 40.8 Å². The Bertz CT molecular complexity index is 684. The molecule has 1 fully saturated rings. The standard InChI is InChI=1S/C19H26N4.HI/c1-3-19(10-6-11-19)14-23-18(20-2)22-13-16-8-4-7-15-9-5-12-21-17(15)16;/h4-5,7-9,12H,3,6,10-11,13-14H2,1-2H3,(H2,20,22,23);1H. The normalized spacial score (nSPS) is 16.2. The first kappa shape index (κ1) is 19.0. The van der Waals surface area contributed by atoms with Crippen molar-refractivity contribution in [3.05, 3.63) is 42.1 Å². The van der Waals surface area contributed by atoms with E-state index in [1.165, 1.54) is 36.6 Å². The molecule has 0 spiro atoms. The monoisotopic (exact) mass is 438 g/mol. The zero-order chi connectivity index (χ0) is 16.1. The number of nitrogens with zero attached hydrogens (tertiary/aromatic N) is 2. The summed E-state index contributed by atoms with van der Waals surface area (Å²) in [4.78, 5) is 8.86. The minimum Gasteiger partial charge on any atom is -0.356 e. The number of nitrogens with one attached hydrogen (secondary N) is 2. The van der Waals surface area contributed by atoms with Gasteiger partial charge in [0.05, 0.1) is 5.52 Å². The number of hydrogen-bond donors (Lipinski definition) is 2. The third-order valence-corrected chi connectivity index (χ3v) is 5.18. The van der Waals surface area contributed by atoms with E-state index in [0.29, 0.717) is 5.41 Å². The van der Waals surface area contributed by atoms with Gasteiger partial charge in [0.1, 0.15) is 0 Å². The van der Waals surface area contributed by atoms with Gasteiger partial charge in [0.2, 0.25) is 0 Å². The Morgan fingerprint density at radius 3 is 2.67 bits per heavy atom. The average Bonchev–Trinajstić information content (AvgIpc) is 2.57. The van der Waals surface area contributed by atoms with E-state index in [1.807, 2.05) is 19.3 Å². The van der Waals surface area contributed by atoms with Crippen LogP contribution in [-0.4, -0.2) is 24.5 Å². The van der Waals surface area contributed by atoms with Gasteiger partial charge in [0, 0.05) is 31.7 Å². The summed E-state index contributed by atoms with van der Waals surface area (Å²) >= 11 is 0. The maximum atomic E-state index is 4.51. The molecule has 3 rings (SSSR count). The fourth-order valence-electron chi connectivity index (χ4n) is 3.31. The number of hydrogen-bond acceptors (Lipinski definition) is 2. The number of para-hydroxylation sites is 1. The molecular formula is C19H27IN4. The van der Waals surface area contributed by atoms with Gasteiger partial charge >= 0.3 is 0 Å². The van der Waals surface area contributed by atoms with Crippen LogP contribution in [0.2, 0.25) is 0 Å². The number of guanidine groups is 1. The van der Waals surface area contributed by atoms with Crippen LogP contribution in [-0.2, 0) is 6.54 Å². The molecule has 0 amide bonds. The van der Waals surface area contributed by atoms with E-state index in [4.69, 9.17) is 0 Å². The number of pyridine rings is 1. The van der Waals surface area contributed by atoms with Crippen LogP contribution < -0.4 is 10.6 Å². The van der Waals surface area contributed by atoms with E-state index < -0.39 is 0 Å². The summed E-state index contributed by atoms with van der Waals surface area (Å²) in [7, 11) is 1.83. The summed E-state index contributed by atoms with van der Waals surface area (Å²) < 4.78 is 0. The Hall–Kier alpha value is -1.37. The number of rotatable bonds is 5. The predicted octanol–water partition coefficient (Wildman–Crippen LogP) is 4.10. The van der Waals surface area contributed by atoms with Crippen molar-refractivity contribution in [2.24, 2.45) is 10.4 Å². The van der Waals surface area contributed by atoms with E-state index >= 15 is 0 Å². The first-order valence-electron chi connectivity index (χ1n) is 8.53. The summed E-state index contributed by atoms with van der Waals surface area (Å²) in [5, 5.41) is 8.10. The molecule has 2 N–H and O–H groups in total. The van der Waals surface area contributed by atoms with E-state index in [1.54, 1.807) is 0 Å². The first-order chi connectivity index (χ1) is 11.3. The molecule has 0 bridgehead atoms. The molecule has 1 aliphatic carbocycles. The molecule has 1 heterocycles. The number of halogens is 1. The molecule has 0 unspecified atom stereocenters. The maximum Gasteiger partial charge on any atom is 0.191 e. The Morgan fingerprint density at radius 2 is 2.00 bits per heavy atom. The lowest BCUT2D eigenvalue weighted by Crippen LogP contribution is -2.46. The van der Waals surface area contributed by atoms with E-state index in [-0.39, 0.29) is 24.0 Å². The van der Waals surface area contributed by atoms with Gasteiger partial charge in [-0.2, -0.15) is 0 Å². The quantitative estimate of drug-likeness (QED) is 0.420. The van der Waals surface area contributed by atoms with Crippen molar-refractivity contribution < 1.29 is 0 Å². The van der Waals surface area contributed by atoms with Gasteiger partial charge in [-0.3, -0.25) is 9.98 Å². The van der Waals surface area contributed by atoms with Crippen molar-refractivity contribution in [2.45, 2.75) is 39.2 Å². The molecule has 1 aromatic carbocycles. The summed E-state index contributed by atoms with van der Waals surface area (Å²) in [6.07, 6.45) is 7.12. The molecule has 4 nitrogen and oxygen atoms in total. The summed E-state index contributed by atoms with van der Waals surface area (Å²) in [5.74, 6) is 0.873. The van der Waals surface area contributed by atoms with Crippen molar-refractivity contribution in [3.8, 4) is 0 Å². The molecule has 24 heavy (non-hydrogen) atoms. The third-order valence-electron chi connectivity index (χ3n) is 5.18. The molecule has 1 saturated carbocycles. The molecule has 2 aromatic rings. The molecule has 1 aromatic heterocycles. The average molecular weight is 438 g/mol. The lowest BCUT2D eigenvalue weighted by Gasteiger charge is -2.41. The van der Waals surface area contributed by atoms with Crippen LogP contribution in [0, 0.1) is 5.41 Å². The highest BCUT2D eigenvalue weighted by Gasteiger charge is 2.34. The van der Waals surface area contributed by atoms with Gasteiger partial charge in [-0.25, -0.2) is 0 Å². The maximum absolute atomic E-state index is 4.51. The second kappa shape index (κ2) is 8.65. The van der Waals surface area contributed by atoms with Crippen LogP contribution >= 0.6 is 24.0 Å². The lowest BCUT2D eigenvalue weighted by molar-refractivity contribution is 0.131. The molecule has 0 radical (unpaired) electrons. The second-order valence-electron chi connectivity index (χ2n) is 6.48. The van der Waals surface area contributed by atoms with Crippen molar-refractivity contribution in [3.63, 3.8) is 0 Å². The molecule has 5 heteroatoms. The Labute approximate surface area is 161 Å². The Kier molecular flexibility index (Phi) is 6.83. The van der Waals surface area contributed by atoms with E-state index in [2.05, 4.69) is 51.8 Å². The first-order valence-corrected chi connectivity index (χ1v) is 8.53. The predicted molar refractivity (Wildman–Crippen MR) is 112 cm³/mol. The van der Waals surface area contributed by atoms with E-state index in [9.17, 15) is 0 Å². The Morgan fingerprint density at radius 1 is 1.21 bits per heavy atom. The summed E-state index contributed by atoms with van der Waals surface area (Å²) in [6, 6.07) is 10.4. The zero-order valence-corrected chi connectivity index (χ0v) is 16.8. The molecular weight excluding hydrogens is 411 g/mol. The molecule has 0 atom stereocenters. The van der Waals surface area contributed by atoms with Crippen molar-refractivity contribution in [1.82, 2.24) is 15.6 Å². The van der Waals surface area contributed by atoms with Gasteiger partial charge < -0.3 is 10.6 Å². The zero-order valence-electron chi connectivity index (χ0n) is 14.5. The largest absolute Gasteiger partial charge is 0.356 e. The van der Waals surface area contributed by atoms with Crippen molar-refractivity contribution in [1.29, 1.82) is 0 Å². The SMILES string of the molecule is CCC1(CNC(=NC)NCc2cccc3cccnc23)CCC1.I. The summed E-state index contributed by atoms with van der Waals surface area (Å²) in [5.41, 5.74) is 2.74.